The Morgan fingerprint density at radius 1 is 1.50 bits per heavy atom. The predicted molar refractivity (Wildman–Crippen MR) is 29.3 cm³/mol. The lowest BCUT2D eigenvalue weighted by Crippen LogP contribution is -2.00. The van der Waals surface area contributed by atoms with Gasteiger partial charge >= 0.3 is 0 Å². The van der Waals surface area contributed by atoms with Gasteiger partial charge < -0.3 is 5.11 Å². The molecular formula is C6H11FO. The highest BCUT2D eigenvalue weighted by Gasteiger charge is 2.22. The van der Waals surface area contributed by atoms with Crippen LogP contribution in [0.15, 0.2) is 0 Å². The van der Waals surface area contributed by atoms with Crippen LogP contribution in [0.25, 0.3) is 0 Å². The van der Waals surface area contributed by atoms with Gasteiger partial charge in [-0.2, -0.15) is 0 Å². The number of rotatable bonds is 1. The minimum absolute atomic E-state index is 0.167. The van der Waals surface area contributed by atoms with Gasteiger partial charge in [-0.05, 0) is 25.2 Å². The lowest BCUT2D eigenvalue weighted by Gasteiger charge is -1.99. The molecule has 1 N–H and O–H groups in total. The Hall–Kier alpha value is -0.110. The molecule has 0 saturated heterocycles. The molecule has 1 aliphatic rings. The van der Waals surface area contributed by atoms with E-state index in [4.69, 9.17) is 5.11 Å². The summed E-state index contributed by atoms with van der Waals surface area (Å²) in [5.41, 5.74) is 0. The largest absolute Gasteiger partial charge is 0.396 e. The molecule has 1 rings (SSSR count). The van der Waals surface area contributed by atoms with Gasteiger partial charge in [-0.3, -0.25) is 0 Å². The lowest BCUT2D eigenvalue weighted by atomic mass is 10.1. The second-order valence-electron chi connectivity index (χ2n) is 2.46. The average Bonchev–Trinajstić information content (AvgIpc) is 2.14. The van der Waals surface area contributed by atoms with Gasteiger partial charge in [0.2, 0.25) is 0 Å². The second-order valence-corrected chi connectivity index (χ2v) is 2.46. The molecule has 0 bridgehead atoms. The smallest absolute Gasteiger partial charge is 0.100 e. The summed E-state index contributed by atoms with van der Waals surface area (Å²) >= 11 is 0. The summed E-state index contributed by atoms with van der Waals surface area (Å²) in [4.78, 5) is 0. The fourth-order valence-corrected chi connectivity index (χ4v) is 1.18. The Balaban J connectivity index is 2.22. The molecule has 1 nitrogen and oxygen atoms in total. The Kier molecular flexibility index (Phi) is 1.84. The molecule has 0 aliphatic heterocycles. The normalized spacial score (nSPS) is 38.2. The van der Waals surface area contributed by atoms with Crippen molar-refractivity contribution in [2.45, 2.75) is 25.4 Å². The Labute approximate surface area is 48.5 Å². The van der Waals surface area contributed by atoms with Crippen molar-refractivity contribution in [3.8, 4) is 0 Å². The Morgan fingerprint density at radius 3 is 2.50 bits per heavy atom. The average molecular weight is 118 g/mol. The van der Waals surface area contributed by atoms with Crippen molar-refractivity contribution in [2.24, 2.45) is 5.92 Å². The summed E-state index contributed by atoms with van der Waals surface area (Å²) in [5.74, 6) is 0.255. The number of aliphatic hydroxyl groups excluding tert-OH is 1. The molecule has 0 aromatic heterocycles. The summed E-state index contributed by atoms with van der Waals surface area (Å²) in [6, 6.07) is 0. The van der Waals surface area contributed by atoms with Crippen LogP contribution in [0.2, 0.25) is 0 Å². The number of alkyl halides is 1. The number of hydrogen-bond donors (Lipinski definition) is 1. The Bertz CT molecular complexity index is 74.9. The number of halogens is 1. The maximum absolute atomic E-state index is 12.2. The molecule has 0 unspecified atom stereocenters. The van der Waals surface area contributed by atoms with E-state index >= 15 is 0 Å². The molecule has 0 aromatic carbocycles. The molecule has 1 saturated carbocycles. The molecule has 0 radical (unpaired) electrons. The quantitative estimate of drug-likeness (QED) is 0.547. The number of hydrogen-bond acceptors (Lipinski definition) is 1. The second kappa shape index (κ2) is 2.44. The topological polar surface area (TPSA) is 20.2 Å². The van der Waals surface area contributed by atoms with Crippen molar-refractivity contribution in [3.63, 3.8) is 0 Å². The van der Waals surface area contributed by atoms with E-state index in [-0.39, 0.29) is 12.5 Å². The highest BCUT2D eigenvalue weighted by molar-refractivity contribution is 4.73. The van der Waals surface area contributed by atoms with Crippen LogP contribution in [-0.2, 0) is 0 Å². The monoisotopic (exact) mass is 118 g/mol. The fourth-order valence-electron chi connectivity index (χ4n) is 1.18. The van der Waals surface area contributed by atoms with Crippen LogP contribution in [0.1, 0.15) is 19.3 Å². The van der Waals surface area contributed by atoms with Gasteiger partial charge in [0.05, 0.1) is 0 Å². The van der Waals surface area contributed by atoms with E-state index in [2.05, 4.69) is 0 Å². The zero-order chi connectivity index (χ0) is 5.98. The first-order valence-corrected chi connectivity index (χ1v) is 3.08. The van der Waals surface area contributed by atoms with Crippen molar-refractivity contribution in [1.29, 1.82) is 0 Å². The van der Waals surface area contributed by atoms with Crippen molar-refractivity contribution < 1.29 is 9.50 Å². The van der Waals surface area contributed by atoms with E-state index < -0.39 is 6.17 Å². The van der Waals surface area contributed by atoms with E-state index in [1.807, 2.05) is 0 Å². The summed E-state index contributed by atoms with van der Waals surface area (Å²) in [6.07, 6.45) is 1.48. The molecule has 8 heavy (non-hydrogen) atoms. The first kappa shape index (κ1) is 6.02. The zero-order valence-electron chi connectivity index (χ0n) is 4.81. The van der Waals surface area contributed by atoms with Crippen LogP contribution in [0.5, 0.6) is 0 Å². The lowest BCUT2D eigenvalue weighted by molar-refractivity contribution is 0.219. The third-order valence-corrected chi connectivity index (χ3v) is 1.74. The molecule has 48 valence electrons. The van der Waals surface area contributed by atoms with E-state index in [1.165, 1.54) is 0 Å². The van der Waals surface area contributed by atoms with Gasteiger partial charge in [-0.25, -0.2) is 4.39 Å². The van der Waals surface area contributed by atoms with Gasteiger partial charge in [0.1, 0.15) is 6.17 Å². The highest BCUT2D eigenvalue weighted by atomic mass is 19.1. The molecular weight excluding hydrogens is 107 g/mol. The van der Waals surface area contributed by atoms with Crippen LogP contribution in [-0.4, -0.2) is 17.9 Å². The SMILES string of the molecule is OC[C@@H]1CC[C@@H](F)C1. The van der Waals surface area contributed by atoms with Gasteiger partial charge in [-0.1, -0.05) is 0 Å². The van der Waals surface area contributed by atoms with Gasteiger partial charge in [0.25, 0.3) is 0 Å². The summed E-state index contributed by atoms with van der Waals surface area (Å²) < 4.78 is 12.2. The van der Waals surface area contributed by atoms with Crippen LogP contribution >= 0.6 is 0 Å². The fraction of sp³-hybridized carbons (Fsp3) is 1.00. The maximum Gasteiger partial charge on any atom is 0.100 e. The first-order valence-electron chi connectivity index (χ1n) is 3.08. The third-order valence-electron chi connectivity index (χ3n) is 1.74. The standard InChI is InChI=1S/C6H11FO/c7-6-2-1-5(3-6)4-8/h5-6,8H,1-4H2/t5-,6-/m1/s1. The van der Waals surface area contributed by atoms with Crippen LogP contribution < -0.4 is 0 Å². The predicted octanol–water partition coefficient (Wildman–Crippen LogP) is 1.12. The molecule has 1 fully saturated rings. The van der Waals surface area contributed by atoms with Crippen molar-refractivity contribution in [1.82, 2.24) is 0 Å². The first-order chi connectivity index (χ1) is 3.83. The van der Waals surface area contributed by atoms with Crippen LogP contribution in [0.3, 0.4) is 0 Å². The van der Waals surface area contributed by atoms with Crippen LogP contribution in [0.4, 0.5) is 4.39 Å². The van der Waals surface area contributed by atoms with E-state index in [0.717, 1.165) is 6.42 Å². The van der Waals surface area contributed by atoms with E-state index in [1.54, 1.807) is 0 Å². The van der Waals surface area contributed by atoms with Gasteiger partial charge in [0, 0.05) is 6.61 Å². The molecule has 2 heteroatoms. The molecule has 0 heterocycles. The van der Waals surface area contributed by atoms with Crippen molar-refractivity contribution in [3.05, 3.63) is 0 Å². The Morgan fingerprint density at radius 2 is 2.25 bits per heavy atom. The molecule has 0 aromatic rings. The molecule has 2 atom stereocenters. The third kappa shape index (κ3) is 1.19. The zero-order valence-corrected chi connectivity index (χ0v) is 4.81. The highest BCUT2D eigenvalue weighted by Crippen LogP contribution is 2.26. The van der Waals surface area contributed by atoms with Crippen molar-refractivity contribution in [2.75, 3.05) is 6.61 Å². The van der Waals surface area contributed by atoms with E-state index in [9.17, 15) is 4.39 Å². The summed E-state index contributed by atoms with van der Waals surface area (Å²) in [5, 5.41) is 8.52. The van der Waals surface area contributed by atoms with Crippen molar-refractivity contribution >= 4 is 0 Å². The molecule has 0 amide bonds. The summed E-state index contributed by atoms with van der Waals surface area (Å²) in [7, 11) is 0. The van der Waals surface area contributed by atoms with E-state index in [0.29, 0.717) is 12.8 Å². The van der Waals surface area contributed by atoms with Crippen LogP contribution in [0, 0.1) is 5.92 Å². The minimum atomic E-state index is -0.632. The van der Waals surface area contributed by atoms with Gasteiger partial charge in [0.15, 0.2) is 0 Å². The number of aliphatic hydroxyl groups is 1. The molecule has 1 aliphatic carbocycles. The minimum Gasteiger partial charge on any atom is -0.396 e. The maximum atomic E-state index is 12.2. The van der Waals surface area contributed by atoms with Gasteiger partial charge in [-0.15, -0.1) is 0 Å². The summed E-state index contributed by atoms with van der Waals surface area (Å²) in [6.45, 7) is 0.167. The molecule has 0 spiro atoms.